The van der Waals surface area contributed by atoms with Gasteiger partial charge >= 0.3 is 6.03 Å². The van der Waals surface area contributed by atoms with E-state index in [1.165, 1.54) is 0 Å². The molecule has 0 aromatic heterocycles. The number of urea groups is 1. The predicted molar refractivity (Wildman–Crippen MR) is 28.7 cm³/mol. The summed E-state index contributed by atoms with van der Waals surface area (Å²) in [5.41, 5.74) is 1.66. The second kappa shape index (κ2) is 3.36. The maximum atomic E-state index is 10.1. The number of halogens is 2. The summed E-state index contributed by atoms with van der Waals surface area (Å²) in [4.78, 5) is 12.6. The van der Waals surface area contributed by atoms with Crippen LogP contribution in [0.15, 0.2) is 0 Å². The average Bonchev–Trinajstić information content (AvgIpc) is 1.67. The van der Waals surface area contributed by atoms with Crippen LogP contribution >= 0.6 is 23.6 Å². The van der Waals surface area contributed by atoms with E-state index < -0.39 is 6.03 Å². The molecule has 0 saturated carbocycles. The molecule has 0 aromatic rings. The van der Waals surface area contributed by atoms with Crippen LogP contribution in [0.4, 0.5) is 4.79 Å². The number of rotatable bonds is 0. The molecule has 0 radical (unpaired) electrons. The Balaban J connectivity index is 3.53. The first-order valence-corrected chi connectivity index (χ1v) is 2.14. The summed E-state index contributed by atoms with van der Waals surface area (Å²) in [5, 5.41) is 0. The lowest BCUT2D eigenvalue weighted by molar-refractivity contribution is 0.240. The molecule has 2 amide bonds. The molecule has 8 heavy (non-hydrogen) atoms. The number of hydrogen-bond donors (Lipinski definition) is 1. The van der Waals surface area contributed by atoms with Gasteiger partial charge in [-0.3, -0.25) is 0 Å². The third-order valence-corrected chi connectivity index (χ3v) is 0.612. The first kappa shape index (κ1) is 7.34. The Hall–Kier alpha value is -0.660. The second-order valence-electron chi connectivity index (χ2n) is 0.762. The van der Waals surface area contributed by atoms with Crippen molar-refractivity contribution in [2.45, 2.75) is 0 Å². The van der Waals surface area contributed by atoms with E-state index >= 15 is 0 Å². The zero-order valence-corrected chi connectivity index (χ0v) is 5.07. The third kappa shape index (κ3) is 2.50. The SMILES string of the molecule is [C-]#[N+]NC(=O)N(Cl)Cl. The molecular weight excluding hydrogens is 153 g/mol. The van der Waals surface area contributed by atoms with Crippen molar-refractivity contribution >= 4 is 29.6 Å². The fourth-order valence-electron chi connectivity index (χ4n) is 0.0856. The van der Waals surface area contributed by atoms with Gasteiger partial charge in [0.15, 0.2) is 0 Å². The molecule has 44 valence electrons. The molecule has 0 saturated heterocycles. The van der Waals surface area contributed by atoms with E-state index in [2.05, 4.69) is 4.95 Å². The van der Waals surface area contributed by atoms with E-state index in [0.29, 0.717) is 0 Å². The van der Waals surface area contributed by atoms with Gasteiger partial charge in [-0.05, 0) is 5.43 Å². The van der Waals surface area contributed by atoms with E-state index in [1.807, 2.05) is 0 Å². The molecule has 0 spiro atoms. The van der Waals surface area contributed by atoms with Crippen molar-refractivity contribution in [3.63, 3.8) is 0 Å². The van der Waals surface area contributed by atoms with Gasteiger partial charge in [0.2, 0.25) is 0 Å². The van der Waals surface area contributed by atoms with E-state index in [4.69, 9.17) is 30.1 Å². The van der Waals surface area contributed by atoms with Crippen LogP contribution in [0, 0.1) is 6.57 Å². The molecule has 4 nitrogen and oxygen atoms in total. The number of carbonyl (C=O) groups is 1. The van der Waals surface area contributed by atoms with Crippen LogP contribution < -0.4 is 5.43 Å². The van der Waals surface area contributed by atoms with Gasteiger partial charge in [0.25, 0.3) is 0 Å². The summed E-state index contributed by atoms with van der Waals surface area (Å²) < 4.78 is 0.234. The van der Waals surface area contributed by atoms with Gasteiger partial charge < -0.3 is 0 Å². The molecular formula is C2HCl2N3O. The van der Waals surface area contributed by atoms with Crippen LogP contribution in [0.25, 0.3) is 4.95 Å². The summed E-state index contributed by atoms with van der Waals surface area (Å²) in [6, 6.07) is -0.858. The lowest BCUT2D eigenvalue weighted by atomic mass is 11.1. The number of nitrogens with zero attached hydrogens (tertiary/aromatic N) is 2. The molecule has 0 rings (SSSR count). The monoisotopic (exact) mass is 153 g/mol. The smallest absolute Gasteiger partial charge is 0.239 e. The maximum absolute atomic E-state index is 10.1. The molecule has 0 aliphatic carbocycles. The molecule has 0 fully saturated rings. The summed E-state index contributed by atoms with van der Waals surface area (Å²) in [6.45, 7) is 6.08. The van der Waals surface area contributed by atoms with Crippen LogP contribution in [0.3, 0.4) is 0 Å². The van der Waals surface area contributed by atoms with Crippen LogP contribution in [0.5, 0.6) is 0 Å². The maximum Gasteiger partial charge on any atom is 0.412 e. The number of amides is 2. The predicted octanol–water partition coefficient (Wildman–Crippen LogP) is 1.14. The zero-order chi connectivity index (χ0) is 6.57. The van der Waals surface area contributed by atoms with Crippen molar-refractivity contribution in [1.29, 1.82) is 0 Å². The Morgan fingerprint density at radius 1 is 1.75 bits per heavy atom. The van der Waals surface area contributed by atoms with Crippen LogP contribution in [0.1, 0.15) is 0 Å². The van der Waals surface area contributed by atoms with E-state index in [1.54, 1.807) is 5.43 Å². The Morgan fingerprint density at radius 3 is 2.38 bits per heavy atom. The van der Waals surface area contributed by atoms with Crippen molar-refractivity contribution in [2.75, 3.05) is 0 Å². The normalized spacial score (nSPS) is 7.12. The Bertz CT molecular complexity index is 128. The van der Waals surface area contributed by atoms with Crippen LogP contribution in [-0.4, -0.2) is 9.97 Å². The van der Waals surface area contributed by atoms with Crippen molar-refractivity contribution < 1.29 is 4.79 Å². The Labute approximate surface area is 56.0 Å². The Morgan fingerprint density at radius 2 is 2.25 bits per heavy atom. The fourth-order valence-corrected chi connectivity index (χ4v) is 0.161. The highest BCUT2D eigenvalue weighted by molar-refractivity contribution is 6.41. The van der Waals surface area contributed by atoms with Gasteiger partial charge in [-0.25, -0.2) is 4.79 Å². The van der Waals surface area contributed by atoms with Gasteiger partial charge in [-0.2, -0.15) is 11.5 Å². The molecule has 0 atom stereocenters. The van der Waals surface area contributed by atoms with Gasteiger partial charge in [-0.1, -0.05) is 0 Å². The Kier molecular flexibility index (Phi) is 3.08. The van der Waals surface area contributed by atoms with Crippen molar-refractivity contribution in [2.24, 2.45) is 0 Å². The molecule has 0 heterocycles. The molecule has 0 bridgehead atoms. The highest BCUT2D eigenvalue weighted by Crippen LogP contribution is 1.97. The first-order valence-electron chi connectivity index (χ1n) is 1.46. The molecule has 0 unspecified atom stereocenters. The van der Waals surface area contributed by atoms with Crippen molar-refractivity contribution in [3.8, 4) is 0 Å². The largest absolute Gasteiger partial charge is 0.412 e. The molecule has 1 N–H and O–H groups in total. The van der Waals surface area contributed by atoms with E-state index in [9.17, 15) is 4.79 Å². The lowest BCUT2D eigenvalue weighted by Crippen LogP contribution is -2.21. The lowest BCUT2D eigenvalue weighted by Gasteiger charge is -1.94. The van der Waals surface area contributed by atoms with Crippen molar-refractivity contribution in [1.82, 2.24) is 9.36 Å². The molecule has 0 aliphatic rings. The van der Waals surface area contributed by atoms with E-state index in [0.717, 1.165) is 0 Å². The second-order valence-corrected chi connectivity index (χ2v) is 1.61. The average molecular weight is 154 g/mol. The summed E-state index contributed by atoms with van der Waals surface area (Å²) >= 11 is 9.70. The van der Waals surface area contributed by atoms with Crippen LogP contribution in [0.2, 0.25) is 0 Å². The standard InChI is InChI=1S/C2HCl2N3O/c1-5-6-2(8)7(3)4/h(H,6,8). The summed E-state index contributed by atoms with van der Waals surface area (Å²) in [5.74, 6) is 0. The van der Waals surface area contributed by atoms with Crippen molar-refractivity contribution in [3.05, 3.63) is 11.5 Å². The first-order chi connectivity index (χ1) is 3.68. The minimum absolute atomic E-state index is 0.234. The highest BCUT2D eigenvalue weighted by Gasteiger charge is 2.07. The topological polar surface area (TPSA) is 36.7 Å². The fraction of sp³-hybridized carbons (Fsp3) is 0. The van der Waals surface area contributed by atoms with Crippen LogP contribution in [-0.2, 0) is 0 Å². The number of hydrogen-bond acceptors (Lipinski definition) is 1. The van der Waals surface area contributed by atoms with Gasteiger partial charge in [0.1, 0.15) is 0 Å². The van der Waals surface area contributed by atoms with Gasteiger partial charge in [-0.15, -0.1) is 3.94 Å². The number of nitrogens with one attached hydrogen (secondary N) is 1. The summed E-state index contributed by atoms with van der Waals surface area (Å²) in [6.07, 6.45) is 0. The third-order valence-electron chi connectivity index (χ3n) is 0.305. The highest BCUT2D eigenvalue weighted by atomic mass is 35.5. The van der Waals surface area contributed by atoms with Gasteiger partial charge in [0, 0.05) is 23.6 Å². The molecule has 0 aliphatic heterocycles. The minimum atomic E-state index is -0.858. The molecule has 6 heteroatoms. The zero-order valence-electron chi connectivity index (χ0n) is 3.56. The summed E-state index contributed by atoms with van der Waals surface area (Å²) in [7, 11) is 0. The molecule has 0 aromatic carbocycles. The minimum Gasteiger partial charge on any atom is -0.239 e. The van der Waals surface area contributed by atoms with Gasteiger partial charge in [0.05, 0.1) is 0 Å². The van der Waals surface area contributed by atoms with E-state index in [-0.39, 0.29) is 3.94 Å². The number of carbonyl (C=O) groups excluding carboxylic acids is 1. The quantitative estimate of drug-likeness (QED) is 0.317.